The third kappa shape index (κ3) is 6.35. The van der Waals surface area contributed by atoms with E-state index in [1.165, 1.54) is 51.4 Å². The summed E-state index contributed by atoms with van der Waals surface area (Å²) in [6, 6.07) is 10.7. The van der Waals surface area contributed by atoms with E-state index in [-0.39, 0.29) is 34.6 Å². The second-order valence-electron chi connectivity index (χ2n) is 8.31. The Bertz CT molecular complexity index is 1440. The molecule has 10 nitrogen and oxygen atoms in total. The van der Waals surface area contributed by atoms with Gasteiger partial charge in [0.1, 0.15) is 23.0 Å². The second-order valence-corrected chi connectivity index (χ2v) is 12.4. The Hall–Kier alpha value is -2.85. The van der Waals surface area contributed by atoms with Gasteiger partial charge in [0.15, 0.2) is 10.4 Å². The maximum atomic E-state index is 13.9. The summed E-state index contributed by atoms with van der Waals surface area (Å²) in [5.41, 5.74) is 1.17. The summed E-state index contributed by atoms with van der Waals surface area (Å²) in [6.07, 6.45) is 1.35. The first-order valence-electron chi connectivity index (χ1n) is 10.9. The van der Waals surface area contributed by atoms with Crippen LogP contribution in [0.5, 0.6) is 11.5 Å². The Morgan fingerprint density at radius 2 is 1.84 bits per heavy atom. The van der Waals surface area contributed by atoms with Crippen LogP contribution >= 0.6 is 30.9 Å². The molecular formula is C23H25Cl2N4O6PS. The lowest BCUT2D eigenvalue weighted by Gasteiger charge is -2.34. The largest absolute Gasteiger partial charge is 0.495 e. The molecule has 0 aliphatic heterocycles. The quantitative estimate of drug-likeness (QED) is 0.222. The molecule has 0 radical (unpaired) electrons. The van der Waals surface area contributed by atoms with Gasteiger partial charge in [-0.3, -0.25) is 0 Å². The Morgan fingerprint density at radius 1 is 1.14 bits per heavy atom. The molecule has 0 bridgehead atoms. The van der Waals surface area contributed by atoms with E-state index in [2.05, 4.69) is 15.5 Å². The molecule has 0 aliphatic rings. The van der Waals surface area contributed by atoms with Gasteiger partial charge >= 0.3 is 7.68 Å². The van der Waals surface area contributed by atoms with Crippen molar-refractivity contribution in [1.82, 2.24) is 10.2 Å². The zero-order valence-electron chi connectivity index (χ0n) is 20.4. The van der Waals surface area contributed by atoms with Gasteiger partial charge in [0.05, 0.1) is 29.7 Å². The second kappa shape index (κ2) is 11.7. The number of aryl methyl sites for hydroxylation is 1. The molecule has 0 spiro atoms. The van der Waals surface area contributed by atoms with Crippen molar-refractivity contribution in [3.63, 3.8) is 0 Å². The molecule has 0 fully saturated rings. The summed E-state index contributed by atoms with van der Waals surface area (Å²) >= 11 is 12.1. The molecule has 3 aromatic rings. The number of methoxy groups -OCH3 is 1. The topological polar surface area (TPSA) is 128 Å². The van der Waals surface area contributed by atoms with E-state index in [4.69, 9.17) is 32.7 Å². The molecule has 3 rings (SSSR count). The van der Waals surface area contributed by atoms with E-state index < -0.39 is 23.0 Å². The van der Waals surface area contributed by atoms with Crippen molar-refractivity contribution < 1.29 is 27.0 Å². The molecule has 1 N–H and O–H groups in total. The van der Waals surface area contributed by atoms with Crippen LogP contribution < -0.4 is 19.1 Å². The highest BCUT2D eigenvalue weighted by Gasteiger charge is 2.43. The molecule has 1 aromatic heterocycles. The normalized spacial score (nSPS) is 11.6. The minimum atomic E-state index is -4.39. The van der Waals surface area contributed by atoms with Crippen LogP contribution in [-0.2, 0) is 19.2 Å². The number of halogens is 2. The fourth-order valence-electron chi connectivity index (χ4n) is 3.53. The lowest BCUT2D eigenvalue weighted by Crippen LogP contribution is -2.45. The lowest BCUT2D eigenvalue weighted by molar-refractivity contribution is 0.332. The highest BCUT2D eigenvalue weighted by atomic mass is 35.5. The van der Waals surface area contributed by atoms with E-state index in [0.717, 1.165) is 4.31 Å². The summed E-state index contributed by atoms with van der Waals surface area (Å²) in [5, 5.41) is 8.97. The number of rotatable bonds is 11. The van der Waals surface area contributed by atoms with Gasteiger partial charge in [-0.2, -0.15) is 5.10 Å². The summed E-state index contributed by atoms with van der Waals surface area (Å²) in [6.45, 7) is 4.81. The van der Waals surface area contributed by atoms with Crippen molar-refractivity contribution in [3.8, 4) is 11.5 Å². The zero-order chi connectivity index (χ0) is 27.4. The van der Waals surface area contributed by atoms with Gasteiger partial charge in [0, 0.05) is 12.6 Å². The lowest BCUT2D eigenvalue weighted by atomic mass is 10.2. The van der Waals surface area contributed by atoms with E-state index in [9.17, 15) is 17.5 Å². The van der Waals surface area contributed by atoms with Crippen LogP contribution in [0, 0.1) is 6.92 Å². The maximum absolute atomic E-state index is 13.9. The van der Waals surface area contributed by atoms with E-state index in [1.54, 1.807) is 25.1 Å². The van der Waals surface area contributed by atoms with Gasteiger partial charge in [-0.05, 0) is 50.6 Å². The average Bonchev–Trinajstić information content (AvgIpc) is 2.82. The van der Waals surface area contributed by atoms with Crippen LogP contribution in [-0.4, -0.2) is 44.2 Å². The fraction of sp³-hybridized carbons (Fsp3) is 0.304. The van der Waals surface area contributed by atoms with E-state index in [0.29, 0.717) is 22.0 Å². The summed E-state index contributed by atoms with van der Waals surface area (Å²) in [7, 11) is -6.27. The highest BCUT2D eigenvalue weighted by Crippen LogP contribution is 2.43. The number of para-hydroxylation sites is 1. The molecule has 0 unspecified atom stereocenters. The third-order valence-corrected chi connectivity index (χ3v) is 9.06. The number of aromatic nitrogens is 2. The number of anilines is 2. The predicted molar refractivity (Wildman–Crippen MR) is 142 cm³/mol. The van der Waals surface area contributed by atoms with Crippen molar-refractivity contribution in [1.29, 1.82) is 0 Å². The van der Waals surface area contributed by atoms with Gasteiger partial charge < -0.3 is 14.8 Å². The van der Waals surface area contributed by atoms with Crippen molar-refractivity contribution in [3.05, 3.63) is 64.4 Å². The zero-order valence-corrected chi connectivity index (χ0v) is 23.7. The molecule has 0 amide bonds. The van der Waals surface area contributed by atoms with E-state index >= 15 is 0 Å². The van der Waals surface area contributed by atoms with Crippen LogP contribution in [0.15, 0.2) is 53.6 Å². The first-order chi connectivity index (χ1) is 17.4. The van der Waals surface area contributed by atoms with Crippen LogP contribution in [0.4, 0.5) is 11.4 Å². The van der Waals surface area contributed by atoms with Crippen LogP contribution in [0.25, 0.3) is 0 Å². The first kappa shape index (κ1) is 28.7. The average molecular weight is 587 g/mol. The van der Waals surface area contributed by atoms with Crippen molar-refractivity contribution in [2.24, 2.45) is 0 Å². The van der Waals surface area contributed by atoms with Crippen molar-refractivity contribution in [2.45, 2.75) is 30.9 Å². The summed E-state index contributed by atoms with van der Waals surface area (Å²) in [4.78, 5) is -0.171. The molecule has 37 heavy (non-hydrogen) atoms. The summed E-state index contributed by atoms with van der Waals surface area (Å²) in [5.74, 6) is 0.418. The highest BCUT2D eigenvalue weighted by molar-refractivity contribution is 7.93. The van der Waals surface area contributed by atoms with Gasteiger partial charge in [0.2, 0.25) is 0 Å². The van der Waals surface area contributed by atoms with Crippen LogP contribution in [0.2, 0.25) is 10.2 Å². The van der Waals surface area contributed by atoms with Gasteiger partial charge in [-0.25, -0.2) is 21.9 Å². The number of sulfonamides is 1. The molecule has 0 saturated heterocycles. The van der Waals surface area contributed by atoms with Gasteiger partial charge in [-0.15, -0.1) is 5.10 Å². The Labute approximate surface area is 225 Å². The van der Waals surface area contributed by atoms with Gasteiger partial charge in [-0.1, -0.05) is 35.3 Å². The van der Waals surface area contributed by atoms with Crippen molar-refractivity contribution >= 4 is 52.3 Å². The molecule has 0 atom stereocenters. The van der Waals surface area contributed by atoms with Crippen LogP contribution in [0.3, 0.4) is 0 Å². The molecule has 0 aliphatic carbocycles. The first-order valence-corrected chi connectivity index (χ1v) is 14.2. The molecule has 2 aromatic carbocycles. The standard InChI is InChI=1S/C23H25Cl2N4O6PS/c1-15-11-16(13-17(12-15)35-10-9-26-21-18(24)14-27-28-22(21)25)29(23(2,3)36(30)31)37(32,33)20-8-6-5-7-19(20)34-4/h5-8,11-14H,9-10H2,1-4H3,(H,26,27). The van der Waals surface area contributed by atoms with Crippen LogP contribution in [0.1, 0.15) is 19.4 Å². The molecule has 1 heterocycles. The fourth-order valence-corrected chi connectivity index (χ4v) is 6.60. The minimum Gasteiger partial charge on any atom is -0.495 e. The Balaban J connectivity index is 1.96. The number of ether oxygens (including phenoxy) is 2. The number of benzene rings is 2. The molecule has 0 saturated carbocycles. The number of hydrogen-bond acceptors (Lipinski definition) is 9. The molecular weight excluding hydrogens is 562 g/mol. The predicted octanol–water partition coefficient (Wildman–Crippen LogP) is 5.70. The SMILES string of the molecule is COc1ccccc1S(=O)(=O)N(c1cc(C)cc(OCCNc2c(Cl)cnnc2Cl)c1)C(C)(C)P(=O)=O. The monoisotopic (exact) mass is 586 g/mol. The number of hydrogen-bond donors (Lipinski definition) is 1. The maximum Gasteiger partial charge on any atom is 0.342 e. The number of nitrogens with one attached hydrogen (secondary N) is 1. The number of nitrogens with zero attached hydrogens (tertiary/aromatic N) is 3. The van der Waals surface area contributed by atoms with Crippen molar-refractivity contribution in [2.75, 3.05) is 29.9 Å². The molecule has 14 heteroatoms. The smallest absolute Gasteiger partial charge is 0.342 e. The Morgan fingerprint density at radius 3 is 2.49 bits per heavy atom. The molecule has 198 valence electrons. The third-order valence-electron chi connectivity index (χ3n) is 5.24. The minimum absolute atomic E-state index is 0.0857. The summed E-state index contributed by atoms with van der Waals surface area (Å²) < 4.78 is 64.2. The van der Waals surface area contributed by atoms with Gasteiger partial charge in [0.25, 0.3) is 10.0 Å². The Kier molecular flexibility index (Phi) is 9.07. The van der Waals surface area contributed by atoms with E-state index in [1.807, 2.05) is 0 Å².